The Morgan fingerprint density at radius 2 is 2.18 bits per heavy atom. The molecule has 0 radical (unpaired) electrons. The van der Waals surface area contributed by atoms with Crippen molar-refractivity contribution in [3.05, 3.63) is 0 Å². The molecule has 0 spiro atoms. The second-order valence-corrected chi connectivity index (χ2v) is 2.57. The van der Waals surface area contributed by atoms with E-state index in [-0.39, 0.29) is 12.0 Å². The van der Waals surface area contributed by atoms with Gasteiger partial charge >= 0.3 is 5.97 Å². The SMILES string of the molecule is COC(=O)[C@@H]([NH3+])CCCC[NH3+]. The monoisotopic (exact) mass is 162 g/mol. The third-order valence-corrected chi connectivity index (χ3v) is 1.59. The molecule has 66 valence electrons. The first-order chi connectivity index (χ1) is 5.22. The van der Waals surface area contributed by atoms with Crippen molar-refractivity contribution >= 4 is 5.97 Å². The molecule has 0 saturated heterocycles. The summed E-state index contributed by atoms with van der Waals surface area (Å²) < 4.78 is 4.53. The summed E-state index contributed by atoms with van der Waals surface area (Å²) in [6, 6.07) is -0.202. The van der Waals surface area contributed by atoms with Crippen LogP contribution in [0.3, 0.4) is 0 Å². The predicted octanol–water partition coefficient (Wildman–Crippen LogP) is -1.82. The Hall–Kier alpha value is -0.610. The van der Waals surface area contributed by atoms with Crippen LogP contribution in [-0.2, 0) is 9.53 Å². The quantitative estimate of drug-likeness (QED) is 0.369. The molecule has 4 heteroatoms. The highest BCUT2D eigenvalue weighted by atomic mass is 16.5. The number of carbonyl (C=O) groups excluding carboxylic acids is 1. The Kier molecular flexibility index (Phi) is 5.78. The number of hydrogen-bond acceptors (Lipinski definition) is 2. The standard InChI is InChI=1S/C7H16N2O2/c1-11-7(10)6(9)4-2-3-5-8/h6H,2-5,8-9H2,1H3/p+2/t6-/m0/s1. The fraction of sp³-hybridized carbons (Fsp3) is 0.857. The lowest BCUT2D eigenvalue weighted by atomic mass is 10.1. The van der Waals surface area contributed by atoms with Gasteiger partial charge in [-0.3, -0.25) is 0 Å². The molecule has 0 aromatic carbocycles. The van der Waals surface area contributed by atoms with E-state index in [1.54, 1.807) is 0 Å². The zero-order valence-electron chi connectivity index (χ0n) is 7.14. The predicted molar refractivity (Wildman–Crippen MR) is 40.3 cm³/mol. The minimum absolute atomic E-state index is 0.202. The number of carbonyl (C=O) groups is 1. The summed E-state index contributed by atoms with van der Waals surface area (Å²) in [6.07, 6.45) is 2.87. The van der Waals surface area contributed by atoms with Gasteiger partial charge in [-0.05, 0) is 12.8 Å². The highest BCUT2D eigenvalue weighted by Gasteiger charge is 2.16. The van der Waals surface area contributed by atoms with E-state index < -0.39 is 0 Å². The first-order valence-corrected chi connectivity index (χ1v) is 3.92. The summed E-state index contributed by atoms with van der Waals surface area (Å²) in [6.45, 7) is 0.924. The molecule has 1 atom stereocenters. The number of methoxy groups -OCH3 is 1. The molecule has 4 nitrogen and oxygen atoms in total. The van der Waals surface area contributed by atoms with Crippen molar-refractivity contribution in [3.63, 3.8) is 0 Å². The second kappa shape index (κ2) is 6.12. The maximum atomic E-state index is 10.8. The highest BCUT2D eigenvalue weighted by Crippen LogP contribution is 1.96. The van der Waals surface area contributed by atoms with E-state index in [9.17, 15) is 4.79 Å². The van der Waals surface area contributed by atoms with Crippen molar-refractivity contribution in [2.24, 2.45) is 0 Å². The van der Waals surface area contributed by atoms with Gasteiger partial charge in [0, 0.05) is 6.42 Å². The molecule has 0 aliphatic carbocycles. The molecule has 0 rings (SSSR count). The molecule has 0 amide bonds. The van der Waals surface area contributed by atoms with Crippen LogP contribution in [0, 0.1) is 0 Å². The molecule has 6 N–H and O–H groups in total. The Balaban J connectivity index is 3.36. The molecule has 0 saturated carbocycles. The normalized spacial score (nSPS) is 12.6. The third kappa shape index (κ3) is 4.75. The average Bonchev–Trinajstić information content (AvgIpc) is 2.03. The second-order valence-electron chi connectivity index (χ2n) is 2.57. The summed E-state index contributed by atoms with van der Waals surface area (Å²) in [7, 11) is 1.39. The van der Waals surface area contributed by atoms with E-state index in [2.05, 4.69) is 16.2 Å². The Morgan fingerprint density at radius 3 is 2.64 bits per heavy atom. The van der Waals surface area contributed by atoms with Crippen molar-refractivity contribution < 1.29 is 21.0 Å². The molecule has 0 fully saturated rings. The number of unbranched alkanes of at least 4 members (excludes halogenated alkanes) is 1. The molecular weight excluding hydrogens is 144 g/mol. The van der Waals surface area contributed by atoms with Crippen LogP contribution in [-0.4, -0.2) is 25.7 Å². The maximum Gasteiger partial charge on any atom is 0.364 e. The van der Waals surface area contributed by atoms with Gasteiger partial charge < -0.3 is 16.2 Å². The smallest absolute Gasteiger partial charge is 0.364 e. The fourth-order valence-corrected chi connectivity index (χ4v) is 0.852. The van der Waals surface area contributed by atoms with Crippen LogP contribution >= 0.6 is 0 Å². The van der Waals surface area contributed by atoms with Crippen LogP contribution in [0.2, 0.25) is 0 Å². The van der Waals surface area contributed by atoms with E-state index in [0.717, 1.165) is 25.8 Å². The lowest BCUT2D eigenvalue weighted by molar-refractivity contribution is -0.410. The van der Waals surface area contributed by atoms with Crippen molar-refractivity contribution in [1.82, 2.24) is 0 Å². The van der Waals surface area contributed by atoms with Crippen LogP contribution in [0.1, 0.15) is 19.3 Å². The van der Waals surface area contributed by atoms with Gasteiger partial charge in [0.2, 0.25) is 0 Å². The zero-order valence-corrected chi connectivity index (χ0v) is 7.14. The van der Waals surface area contributed by atoms with E-state index in [0.29, 0.717) is 0 Å². The highest BCUT2D eigenvalue weighted by molar-refractivity contribution is 5.73. The summed E-state index contributed by atoms with van der Waals surface area (Å²) in [5.41, 5.74) is 7.40. The molecule has 0 aliphatic rings. The van der Waals surface area contributed by atoms with Crippen molar-refractivity contribution in [3.8, 4) is 0 Å². The Morgan fingerprint density at radius 1 is 1.55 bits per heavy atom. The van der Waals surface area contributed by atoms with Crippen LogP contribution in [0.15, 0.2) is 0 Å². The molecule has 0 aliphatic heterocycles. The Bertz CT molecular complexity index is 117. The fourth-order valence-electron chi connectivity index (χ4n) is 0.852. The molecule has 0 heterocycles. The van der Waals surface area contributed by atoms with Gasteiger partial charge in [-0.15, -0.1) is 0 Å². The van der Waals surface area contributed by atoms with Crippen molar-refractivity contribution in [2.45, 2.75) is 25.3 Å². The molecular formula is C7H18N2O2+2. The third-order valence-electron chi connectivity index (χ3n) is 1.59. The van der Waals surface area contributed by atoms with Gasteiger partial charge in [0.1, 0.15) is 0 Å². The average molecular weight is 162 g/mol. The van der Waals surface area contributed by atoms with Crippen molar-refractivity contribution in [1.29, 1.82) is 0 Å². The summed E-state index contributed by atoms with van der Waals surface area (Å²) in [5, 5.41) is 0. The number of quaternary nitrogens is 2. The minimum Gasteiger partial charge on any atom is -0.465 e. The van der Waals surface area contributed by atoms with Crippen molar-refractivity contribution in [2.75, 3.05) is 13.7 Å². The van der Waals surface area contributed by atoms with E-state index >= 15 is 0 Å². The first kappa shape index (κ1) is 10.4. The number of esters is 1. The summed E-state index contributed by atoms with van der Waals surface area (Å²) in [5.74, 6) is -0.214. The molecule has 0 aromatic heterocycles. The lowest BCUT2D eigenvalue weighted by Crippen LogP contribution is -2.65. The van der Waals surface area contributed by atoms with Gasteiger partial charge in [0.15, 0.2) is 6.04 Å². The molecule has 11 heavy (non-hydrogen) atoms. The van der Waals surface area contributed by atoms with E-state index in [1.165, 1.54) is 7.11 Å². The zero-order chi connectivity index (χ0) is 8.69. The first-order valence-electron chi connectivity index (χ1n) is 3.92. The van der Waals surface area contributed by atoms with E-state index in [1.807, 2.05) is 0 Å². The number of hydrogen-bond donors (Lipinski definition) is 2. The van der Waals surface area contributed by atoms with Gasteiger partial charge in [0.05, 0.1) is 13.7 Å². The van der Waals surface area contributed by atoms with Gasteiger partial charge in [-0.2, -0.15) is 0 Å². The van der Waals surface area contributed by atoms with Crippen LogP contribution < -0.4 is 11.5 Å². The molecule has 0 bridgehead atoms. The van der Waals surface area contributed by atoms with Gasteiger partial charge in [0.25, 0.3) is 0 Å². The maximum absolute atomic E-state index is 10.8. The number of rotatable bonds is 5. The van der Waals surface area contributed by atoms with Crippen LogP contribution in [0.25, 0.3) is 0 Å². The number of ether oxygens (including phenoxy) is 1. The summed E-state index contributed by atoms with van der Waals surface area (Å²) in [4.78, 5) is 10.8. The molecule has 0 unspecified atom stereocenters. The largest absolute Gasteiger partial charge is 0.465 e. The van der Waals surface area contributed by atoms with Crippen LogP contribution in [0.4, 0.5) is 0 Å². The molecule has 0 aromatic rings. The summed E-state index contributed by atoms with van der Waals surface area (Å²) >= 11 is 0. The van der Waals surface area contributed by atoms with Gasteiger partial charge in [-0.1, -0.05) is 0 Å². The van der Waals surface area contributed by atoms with Crippen LogP contribution in [0.5, 0.6) is 0 Å². The topological polar surface area (TPSA) is 81.6 Å². The minimum atomic E-state index is -0.214. The van der Waals surface area contributed by atoms with Gasteiger partial charge in [-0.25, -0.2) is 4.79 Å². The lowest BCUT2D eigenvalue weighted by Gasteiger charge is -2.03. The Labute approximate surface area is 66.9 Å². The van der Waals surface area contributed by atoms with E-state index in [4.69, 9.17) is 0 Å².